The van der Waals surface area contributed by atoms with Crippen LogP contribution in [0.15, 0.2) is 30.3 Å². The molecule has 2 nitrogen and oxygen atoms in total. The van der Waals surface area contributed by atoms with Gasteiger partial charge in [-0.3, -0.25) is 0 Å². The summed E-state index contributed by atoms with van der Waals surface area (Å²) in [6.07, 6.45) is -0.815. The molecule has 1 aliphatic carbocycles. The van der Waals surface area contributed by atoms with E-state index in [1.165, 1.54) is 12.1 Å². The van der Waals surface area contributed by atoms with E-state index in [1.807, 2.05) is 0 Å². The Morgan fingerprint density at radius 2 is 1.77 bits per heavy atom. The largest absolute Gasteiger partial charge is 0.490 e. The molecule has 1 unspecified atom stereocenters. The van der Waals surface area contributed by atoms with Crippen LogP contribution >= 0.6 is 0 Å². The van der Waals surface area contributed by atoms with Crippen molar-refractivity contribution in [2.75, 3.05) is 0 Å². The molecule has 1 fully saturated rings. The van der Waals surface area contributed by atoms with Crippen molar-refractivity contribution in [3.63, 3.8) is 0 Å². The number of benzene rings is 2. The van der Waals surface area contributed by atoms with Gasteiger partial charge in [0.1, 0.15) is 11.3 Å². The normalized spacial score (nSPS) is 22.4. The number of halogens is 3. The maximum Gasteiger partial charge on any atom is 0.420 e. The van der Waals surface area contributed by atoms with Gasteiger partial charge in [-0.25, -0.2) is 0 Å². The lowest BCUT2D eigenvalue weighted by molar-refractivity contribution is -0.138. The van der Waals surface area contributed by atoms with Gasteiger partial charge in [-0.05, 0) is 67.0 Å². The molecule has 0 bridgehead atoms. The molecule has 1 atom stereocenters. The highest BCUT2D eigenvalue weighted by atomic mass is 19.4. The molecule has 3 rings (SSSR count). The molecule has 1 saturated carbocycles. The summed E-state index contributed by atoms with van der Waals surface area (Å²) in [5.41, 5.74) is -0.279. The number of ether oxygens (including phenoxy) is 1. The summed E-state index contributed by atoms with van der Waals surface area (Å²) in [5.74, 6) is 0.551. The van der Waals surface area contributed by atoms with Crippen molar-refractivity contribution >= 4 is 10.8 Å². The molecule has 1 aliphatic rings. The Balaban J connectivity index is 1.99. The van der Waals surface area contributed by atoms with Crippen molar-refractivity contribution < 1.29 is 23.0 Å². The van der Waals surface area contributed by atoms with Gasteiger partial charge in [0, 0.05) is 0 Å². The van der Waals surface area contributed by atoms with Crippen molar-refractivity contribution in [3.8, 4) is 5.75 Å². The SMILES string of the molecule is CC[C@H]1CC[C@@H](Oc2ccc3ccc(C(C)O)cc3c2C(F)(F)F)CC1. The molecule has 5 heteroatoms. The van der Waals surface area contributed by atoms with E-state index in [-0.39, 0.29) is 17.2 Å². The average molecular weight is 366 g/mol. The molecule has 142 valence electrons. The van der Waals surface area contributed by atoms with Crippen LogP contribution in [0.4, 0.5) is 13.2 Å². The lowest BCUT2D eigenvalue weighted by atomic mass is 9.86. The van der Waals surface area contributed by atoms with E-state index in [0.29, 0.717) is 16.9 Å². The second-order valence-corrected chi connectivity index (χ2v) is 7.26. The van der Waals surface area contributed by atoms with Crippen molar-refractivity contribution in [2.45, 2.75) is 64.3 Å². The minimum Gasteiger partial charge on any atom is -0.490 e. The molecule has 0 saturated heterocycles. The standard InChI is InChI=1S/C21H25F3O2/c1-3-14-4-9-17(10-5-14)26-19-11-8-15-6-7-16(13(2)25)12-18(15)20(19)21(22,23)24/h6-8,11-14,17,25H,3-5,9-10H2,1-2H3/t13?,14-,17+. The Labute approximate surface area is 152 Å². The number of hydrogen-bond acceptors (Lipinski definition) is 2. The first-order valence-corrected chi connectivity index (χ1v) is 9.28. The van der Waals surface area contributed by atoms with Crippen molar-refractivity contribution in [1.82, 2.24) is 0 Å². The molecule has 0 radical (unpaired) electrons. The molecular formula is C21H25F3O2. The van der Waals surface area contributed by atoms with Crippen LogP contribution < -0.4 is 4.74 Å². The summed E-state index contributed by atoms with van der Waals surface area (Å²) in [4.78, 5) is 0. The summed E-state index contributed by atoms with van der Waals surface area (Å²) in [6.45, 7) is 3.69. The van der Waals surface area contributed by atoms with E-state index in [2.05, 4.69) is 6.92 Å². The van der Waals surface area contributed by atoms with Crippen LogP contribution in [0.1, 0.15) is 63.2 Å². The van der Waals surface area contributed by atoms with E-state index >= 15 is 0 Å². The molecule has 0 spiro atoms. The van der Waals surface area contributed by atoms with Crippen LogP contribution in [0, 0.1) is 5.92 Å². The van der Waals surface area contributed by atoms with Crippen LogP contribution in [-0.2, 0) is 6.18 Å². The smallest absolute Gasteiger partial charge is 0.420 e. The number of fused-ring (bicyclic) bond motifs is 1. The Bertz CT molecular complexity index is 760. The summed E-state index contributed by atoms with van der Waals surface area (Å²) >= 11 is 0. The fourth-order valence-electron chi connectivity index (χ4n) is 3.81. The lowest BCUT2D eigenvalue weighted by Gasteiger charge is -2.29. The van der Waals surface area contributed by atoms with Crippen LogP contribution in [0.3, 0.4) is 0 Å². The van der Waals surface area contributed by atoms with Gasteiger partial charge in [0.05, 0.1) is 12.2 Å². The second kappa shape index (κ2) is 7.47. The van der Waals surface area contributed by atoms with Crippen LogP contribution in [-0.4, -0.2) is 11.2 Å². The average Bonchev–Trinajstić information content (AvgIpc) is 2.60. The summed E-state index contributed by atoms with van der Waals surface area (Å²) < 4.78 is 47.4. The second-order valence-electron chi connectivity index (χ2n) is 7.26. The molecule has 0 amide bonds. The number of aliphatic hydroxyl groups is 1. The Kier molecular flexibility index (Phi) is 5.47. The minimum atomic E-state index is -4.52. The van der Waals surface area contributed by atoms with E-state index in [4.69, 9.17) is 4.74 Å². The van der Waals surface area contributed by atoms with Gasteiger partial charge in [0.25, 0.3) is 0 Å². The molecule has 0 aliphatic heterocycles. The molecule has 2 aromatic carbocycles. The Hall–Kier alpha value is -1.75. The fourth-order valence-corrected chi connectivity index (χ4v) is 3.81. The predicted octanol–water partition coefficient (Wildman–Crippen LogP) is 6.26. The first-order chi connectivity index (χ1) is 12.3. The zero-order valence-corrected chi connectivity index (χ0v) is 15.1. The third-order valence-electron chi connectivity index (χ3n) is 5.44. The van der Waals surface area contributed by atoms with Gasteiger partial charge in [-0.15, -0.1) is 0 Å². The fraction of sp³-hybridized carbons (Fsp3) is 0.524. The molecular weight excluding hydrogens is 341 g/mol. The van der Waals surface area contributed by atoms with E-state index in [1.54, 1.807) is 25.1 Å². The number of alkyl halides is 3. The van der Waals surface area contributed by atoms with Gasteiger partial charge < -0.3 is 9.84 Å². The maximum absolute atomic E-state index is 13.8. The highest BCUT2D eigenvalue weighted by Crippen LogP contribution is 2.43. The van der Waals surface area contributed by atoms with E-state index in [9.17, 15) is 18.3 Å². The van der Waals surface area contributed by atoms with Crippen molar-refractivity contribution in [1.29, 1.82) is 0 Å². The van der Waals surface area contributed by atoms with Gasteiger partial charge in [-0.2, -0.15) is 13.2 Å². The maximum atomic E-state index is 13.8. The topological polar surface area (TPSA) is 29.5 Å². The highest BCUT2D eigenvalue weighted by Gasteiger charge is 2.37. The number of rotatable bonds is 4. The van der Waals surface area contributed by atoms with Gasteiger partial charge in [-0.1, -0.05) is 31.5 Å². The predicted molar refractivity (Wildman–Crippen MR) is 96.2 cm³/mol. The third-order valence-corrected chi connectivity index (χ3v) is 5.44. The van der Waals surface area contributed by atoms with Crippen molar-refractivity contribution in [2.24, 2.45) is 5.92 Å². The summed E-state index contributed by atoms with van der Waals surface area (Å²) in [6, 6.07) is 7.77. The quantitative estimate of drug-likeness (QED) is 0.692. The monoisotopic (exact) mass is 366 g/mol. The first kappa shape index (κ1) is 19.0. The highest BCUT2D eigenvalue weighted by molar-refractivity contribution is 5.89. The zero-order valence-electron chi connectivity index (χ0n) is 15.1. The van der Waals surface area contributed by atoms with Gasteiger partial charge in [0.15, 0.2) is 0 Å². The number of aliphatic hydroxyl groups excluding tert-OH is 1. The van der Waals surface area contributed by atoms with Crippen LogP contribution in [0.5, 0.6) is 5.75 Å². The molecule has 26 heavy (non-hydrogen) atoms. The van der Waals surface area contributed by atoms with Gasteiger partial charge >= 0.3 is 6.18 Å². The van der Waals surface area contributed by atoms with E-state index < -0.39 is 17.8 Å². The molecule has 1 N–H and O–H groups in total. The minimum absolute atomic E-state index is 0.0793. The van der Waals surface area contributed by atoms with Crippen LogP contribution in [0.25, 0.3) is 10.8 Å². The lowest BCUT2D eigenvalue weighted by Crippen LogP contribution is -2.25. The zero-order chi connectivity index (χ0) is 18.9. The first-order valence-electron chi connectivity index (χ1n) is 9.28. The molecule has 0 aromatic heterocycles. The van der Waals surface area contributed by atoms with Crippen molar-refractivity contribution in [3.05, 3.63) is 41.5 Å². The third kappa shape index (κ3) is 3.98. The number of hydrogen-bond donors (Lipinski definition) is 1. The molecule has 2 aromatic rings. The van der Waals surface area contributed by atoms with Gasteiger partial charge in [0.2, 0.25) is 0 Å². The molecule has 0 heterocycles. The Morgan fingerprint density at radius 3 is 2.35 bits per heavy atom. The summed E-state index contributed by atoms with van der Waals surface area (Å²) in [7, 11) is 0. The Morgan fingerprint density at radius 1 is 1.12 bits per heavy atom. The van der Waals surface area contributed by atoms with E-state index in [0.717, 1.165) is 32.1 Å². The van der Waals surface area contributed by atoms with Crippen LogP contribution in [0.2, 0.25) is 0 Å². The summed E-state index contributed by atoms with van der Waals surface area (Å²) in [5, 5.41) is 10.3.